The van der Waals surface area contributed by atoms with Gasteiger partial charge in [-0.2, -0.15) is 0 Å². The molecule has 1 atom stereocenters. The average Bonchev–Trinajstić information content (AvgIpc) is 3.41. The van der Waals surface area contributed by atoms with E-state index >= 15 is 0 Å². The monoisotopic (exact) mass is 540 g/mol. The predicted octanol–water partition coefficient (Wildman–Crippen LogP) is 5.51. The van der Waals surface area contributed by atoms with E-state index in [2.05, 4.69) is 34.7 Å². The smallest absolute Gasteiger partial charge is 0.290 e. The fraction of sp³-hybridized carbons (Fsp3) is 0.333. The number of methoxy groups -OCH3 is 1. The van der Waals surface area contributed by atoms with E-state index in [1.165, 1.54) is 7.11 Å². The Bertz CT molecular complexity index is 1260. The number of fused-ring (bicyclic) bond motifs is 1. The number of carbonyl (C=O) groups excluding carboxylic acids is 2. The van der Waals surface area contributed by atoms with Gasteiger partial charge in [-0.1, -0.05) is 54.0 Å². The van der Waals surface area contributed by atoms with Crippen molar-refractivity contribution in [2.45, 2.75) is 26.3 Å². The van der Waals surface area contributed by atoms with Gasteiger partial charge in [0.25, 0.3) is 5.91 Å². The molecule has 7 nitrogen and oxygen atoms in total. The second-order valence-electron chi connectivity index (χ2n) is 8.41. The standard InChI is InChI=1S/C27H29BrN2O5/c1-4-29(5-2)14-7-15-30-23(17-10-12-19(28)13-11-17)22(25(32)27(30)33)24(31)21-16-18-8-6-9-20(34-3)26(18)35-21/h6,8-13,16,23,32H,4-5,7,14-15H2,1-3H3. The highest BCUT2D eigenvalue weighted by Crippen LogP contribution is 2.40. The molecule has 0 radical (unpaired) electrons. The van der Waals surface area contributed by atoms with Gasteiger partial charge in [0.05, 0.1) is 18.7 Å². The lowest BCUT2D eigenvalue weighted by Crippen LogP contribution is -2.34. The molecule has 0 saturated heterocycles. The molecule has 3 aromatic rings. The number of rotatable bonds is 10. The normalized spacial score (nSPS) is 16.1. The van der Waals surface area contributed by atoms with Crippen molar-refractivity contribution in [3.05, 3.63) is 75.7 Å². The summed E-state index contributed by atoms with van der Waals surface area (Å²) in [7, 11) is 1.53. The van der Waals surface area contributed by atoms with Crippen LogP contribution < -0.4 is 4.74 Å². The van der Waals surface area contributed by atoms with Crippen LogP contribution in [0.2, 0.25) is 0 Å². The third-order valence-electron chi connectivity index (χ3n) is 6.45. The minimum absolute atomic E-state index is 0.0261. The van der Waals surface area contributed by atoms with E-state index in [-0.39, 0.29) is 11.3 Å². The number of amides is 1. The number of nitrogens with zero attached hydrogens (tertiary/aromatic N) is 2. The molecule has 0 fully saturated rings. The molecule has 1 aromatic heterocycles. The quantitative estimate of drug-likeness (QED) is 0.341. The molecule has 1 aliphatic heterocycles. The lowest BCUT2D eigenvalue weighted by atomic mass is 9.95. The van der Waals surface area contributed by atoms with Crippen LogP contribution in [0.5, 0.6) is 5.75 Å². The maximum Gasteiger partial charge on any atom is 0.290 e. The van der Waals surface area contributed by atoms with Gasteiger partial charge >= 0.3 is 0 Å². The third-order valence-corrected chi connectivity index (χ3v) is 6.98. The molecule has 1 amide bonds. The van der Waals surface area contributed by atoms with Gasteiger partial charge in [0, 0.05) is 16.4 Å². The second-order valence-corrected chi connectivity index (χ2v) is 9.33. The van der Waals surface area contributed by atoms with Crippen LogP contribution in [0.4, 0.5) is 0 Å². The lowest BCUT2D eigenvalue weighted by molar-refractivity contribution is -0.129. The summed E-state index contributed by atoms with van der Waals surface area (Å²) in [5, 5.41) is 11.6. The van der Waals surface area contributed by atoms with E-state index in [4.69, 9.17) is 9.15 Å². The van der Waals surface area contributed by atoms with Gasteiger partial charge in [-0.3, -0.25) is 9.59 Å². The Labute approximate surface area is 213 Å². The molecule has 4 rings (SSSR count). The van der Waals surface area contributed by atoms with Crippen LogP contribution in [-0.4, -0.2) is 59.9 Å². The highest BCUT2D eigenvalue weighted by molar-refractivity contribution is 9.10. The van der Waals surface area contributed by atoms with Crippen LogP contribution in [0.1, 0.15) is 42.4 Å². The molecule has 184 valence electrons. The first kappa shape index (κ1) is 25.0. The Kier molecular flexibility index (Phi) is 7.62. The predicted molar refractivity (Wildman–Crippen MR) is 138 cm³/mol. The van der Waals surface area contributed by atoms with E-state index < -0.39 is 23.5 Å². The van der Waals surface area contributed by atoms with E-state index in [0.717, 1.165) is 36.1 Å². The maximum absolute atomic E-state index is 13.7. The summed E-state index contributed by atoms with van der Waals surface area (Å²) in [4.78, 5) is 30.7. The number of benzene rings is 2. The van der Waals surface area contributed by atoms with Gasteiger partial charge in [0.15, 0.2) is 22.9 Å². The number of furan rings is 1. The summed E-state index contributed by atoms with van der Waals surface area (Å²) in [6.45, 7) is 7.26. The van der Waals surface area contributed by atoms with Gasteiger partial charge in [-0.25, -0.2) is 0 Å². The summed E-state index contributed by atoms with van der Waals surface area (Å²) in [6.07, 6.45) is 0.719. The topological polar surface area (TPSA) is 83.2 Å². The molecular weight excluding hydrogens is 512 g/mol. The zero-order chi connectivity index (χ0) is 25.1. The average molecular weight is 541 g/mol. The number of ether oxygens (including phenoxy) is 1. The van der Waals surface area contributed by atoms with Crippen molar-refractivity contribution in [3.8, 4) is 5.75 Å². The van der Waals surface area contributed by atoms with Crippen molar-refractivity contribution < 1.29 is 23.8 Å². The zero-order valence-electron chi connectivity index (χ0n) is 20.1. The molecule has 0 bridgehead atoms. The molecule has 1 N–H and O–H groups in total. The number of hydrogen-bond acceptors (Lipinski definition) is 6. The molecule has 35 heavy (non-hydrogen) atoms. The SMILES string of the molecule is CCN(CC)CCCN1C(=O)C(O)=C(C(=O)c2cc3cccc(OC)c3o2)C1c1ccc(Br)cc1. The number of para-hydroxylation sites is 1. The highest BCUT2D eigenvalue weighted by Gasteiger charge is 2.44. The van der Waals surface area contributed by atoms with Crippen LogP contribution >= 0.6 is 15.9 Å². The van der Waals surface area contributed by atoms with E-state index in [9.17, 15) is 14.7 Å². The summed E-state index contributed by atoms with van der Waals surface area (Å²) < 4.78 is 12.1. The van der Waals surface area contributed by atoms with Crippen molar-refractivity contribution >= 4 is 38.6 Å². The van der Waals surface area contributed by atoms with Crippen LogP contribution in [0.3, 0.4) is 0 Å². The first-order valence-electron chi connectivity index (χ1n) is 11.7. The number of hydrogen-bond donors (Lipinski definition) is 1. The van der Waals surface area contributed by atoms with Crippen LogP contribution in [0, 0.1) is 0 Å². The molecule has 1 aliphatic rings. The first-order chi connectivity index (χ1) is 16.9. The van der Waals surface area contributed by atoms with Gasteiger partial charge < -0.3 is 24.1 Å². The minimum Gasteiger partial charge on any atom is -0.503 e. The molecule has 1 unspecified atom stereocenters. The van der Waals surface area contributed by atoms with Crippen molar-refractivity contribution in [2.75, 3.05) is 33.3 Å². The Balaban J connectivity index is 1.71. The van der Waals surface area contributed by atoms with Gasteiger partial charge in [0.1, 0.15) is 0 Å². The van der Waals surface area contributed by atoms with Crippen LogP contribution in [-0.2, 0) is 4.79 Å². The van der Waals surface area contributed by atoms with Crippen molar-refractivity contribution in [3.63, 3.8) is 0 Å². The summed E-state index contributed by atoms with van der Waals surface area (Å²) in [5.74, 6) is -1.04. The largest absolute Gasteiger partial charge is 0.503 e. The van der Waals surface area contributed by atoms with Crippen molar-refractivity contribution in [1.29, 1.82) is 0 Å². The van der Waals surface area contributed by atoms with Gasteiger partial charge in [0.2, 0.25) is 5.78 Å². The molecule has 8 heteroatoms. The summed E-state index contributed by atoms with van der Waals surface area (Å²) in [5.41, 5.74) is 1.21. The number of halogens is 1. The Morgan fingerprint density at radius 2 is 1.89 bits per heavy atom. The van der Waals surface area contributed by atoms with E-state index in [0.29, 0.717) is 23.3 Å². The molecular formula is C27H29BrN2O5. The Hall–Kier alpha value is -3.10. The number of aliphatic hydroxyl groups excluding tert-OH is 1. The van der Waals surface area contributed by atoms with Gasteiger partial charge in [-0.05, 0) is 55.9 Å². The van der Waals surface area contributed by atoms with E-state index in [1.54, 1.807) is 17.0 Å². The zero-order valence-corrected chi connectivity index (χ0v) is 21.7. The molecule has 2 heterocycles. The molecule has 0 saturated carbocycles. The van der Waals surface area contributed by atoms with Gasteiger partial charge in [-0.15, -0.1) is 0 Å². The molecule has 2 aromatic carbocycles. The van der Waals surface area contributed by atoms with Crippen LogP contribution in [0.25, 0.3) is 11.0 Å². The summed E-state index contributed by atoms with van der Waals surface area (Å²) in [6, 6.07) is 13.7. The fourth-order valence-corrected chi connectivity index (χ4v) is 4.82. The second kappa shape index (κ2) is 10.7. The van der Waals surface area contributed by atoms with E-state index in [1.807, 2.05) is 36.4 Å². The Morgan fingerprint density at radius 1 is 1.17 bits per heavy atom. The third kappa shape index (κ3) is 4.86. The first-order valence-corrected chi connectivity index (χ1v) is 12.5. The summed E-state index contributed by atoms with van der Waals surface area (Å²) >= 11 is 3.44. The number of carbonyl (C=O) groups is 2. The number of Topliss-reactive ketones (excluding diaryl/α,β-unsaturated/α-hetero) is 1. The number of ketones is 1. The molecule has 0 spiro atoms. The number of aliphatic hydroxyl groups is 1. The Morgan fingerprint density at radius 3 is 2.54 bits per heavy atom. The fourth-order valence-electron chi connectivity index (χ4n) is 4.55. The van der Waals surface area contributed by atoms with Crippen LogP contribution in [0.15, 0.2) is 68.8 Å². The minimum atomic E-state index is -0.713. The van der Waals surface area contributed by atoms with Crippen molar-refractivity contribution in [1.82, 2.24) is 9.80 Å². The highest BCUT2D eigenvalue weighted by atomic mass is 79.9. The lowest BCUT2D eigenvalue weighted by Gasteiger charge is -2.28. The molecule has 0 aliphatic carbocycles. The maximum atomic E-state index is 13.7. The van der Waals surface area contributed by atoms with Crippen molar-refractivity contribution in [2.24, 2.45) is 0 Å².